The molecule has 1 aliphatic rings. The maximum Gasteiger partial charge on any atom is 0.0143 e. The molecule has 0 aromatic heterocycles. The third-order valence-electron chi connectivity index (χ3n) is 1.43. The van der Waals surface area contributed by atoms with E-state index in [2.05, 4.69) is 24.5 Å². The number of allylic oxidation sites excluding steroid dienone is 3. The Hall–Kier alpha value is -0.170. The lowest BCUT2D eigenvalue weighted by Crippen LogP contribution is -1.89. The van der Waals surface area contributed by atoms with Crippen molar-refractivity contribution in [2.45, 2.75) is 26.7 Å². The topological polar surface area (TPSA) is 0 Å². The van der Waals surface area contributed by atoms with Crippen LogP contribution in [0.1, 0.15) is 26.7 Å². The van der Waals surface area contributed by atoms with Crippen LogP contribution in [0.5, 0.6) is 0 Å². The van der Waals surface area contributed by atoms with Crippen LogP contribution in [0.2, 0.25) is 0 Å². The van der Waals surface area contributed by atoms with Crippen LogP contribution in [0.3, 0.4) is 0 Å². The van der Waals surface area contributed by atoms with Crippen LogP contribution in [0.4, 0.5) is 0 Å². The Kier molecular flexibility index (Phi) is 7.81. The molecule has 0 aromatic rings. The van der Waals surface area contributed by atoms with Crippen molar-refractivity contribution in [3.63, 3.8) is 0 Å². The third kappa shape index (κ3) is 5.14. The molecule has 1 aliphatic carbocycles. The van der Waals surface area contributed by atoms with Gasteiger partial charge in [-0.05, 0) is 19.1 Å². The largest absolute Gasteiger partial charge is 0.161 e. The Morgan fingerprint density at radius 3 is 2.64 bits per heavy atom. The van der Waals surface area contributed by atoms with E-state index in [0.29, 0.717) is 0 Å². The van der Waals surface area contributed by atoms with E-state index in [0.717, 1.165) is 0 Å². The van der Waals surface area contributed by atoms with Crippen molar-refractivity contribution in [1.29, 1.82) is 0 Å². The van der Waals surface area contributed by atoms with Gasteiger partial charge in [-0.2, -0.15) is 11.8 Å². The first kappa shape index (κ1) is 10.8. The van der Waals surface area contributed by atoms with Gasteiger partial charge in [0.05, 0.1) is 0 Å². The fourth-order valence-corrected chi connectivity index (χ4v) is 1.57. The first-order valence-electron chi connectivity index (χ1n) is 4.27. The SMILES string of the molecule is CC.CSCC1=CC=CCC1. The van der Waals surface area contributed by atoms with Gasteiger partial charge in [-0.1, -0.05) is 37.6 Å². The number of hydrogen-bond donors (Lipinski definition) is 0. The maximum absolute atomic E-state index is 2.24. The smallest absolute Gasteiger partial charge is 0.0143 e. The molecule has 0 amide bonds. The Bertz CT molecular complexity index is 134. The molecule has 0 bridgehead atoms. The van der Waals surface area contributed by atoms with Crippen LogP contribution >= 0.6 is 11.8 Å². The first-order chi connectivity index (χ1) is 5.43. The Balaban J connectivity index is 0.000000461. The molecule has 0 saturated heterocycles. The van der Waals surface area contributed by atoms with Crippen molar-refractivity contribution in [1.82, 2.24) is 0 Å². The summed E-state index contributed by atoms with van der Waals surface area (Å²) in [6, 6.07) is 0. The Morgan fingerprint density at radius 1 is 1.45 bits per heavy atom. The maximum atomic E-state index is 2.24. The van der Waals surface area contributed by atoms with Gasteiger partial charge < -0.3 is 0 Å². The van der Waals surface area contributed by atoms with Crippen molar-refractivity contribution in [3.05, 3.63) is 23.8 Å². The van der Waals surface area contributed by atoms with E-state index in [-0.39, 0.29) is 0 Å². The van der Waals surface area contributed by atoms with E-state index in [4.69, 9.17) is 0 Å². The van der Waals surface area contributed by atoms with Crippen molar-refractivity contribution < 1.29 is 0 Å². The minimum atomic E-state index is 1.21. The van der Waals surface area contributed by atoms with Gasteiger partial charge in [0.25, 0.3) is 0 Å². The molecule has 0 nitrogen and oxygen atoms in total. The minimum absolute atomic E-state index is 1.21. The molecule has 0 radical (unpaired) electrons. The molecule has 0 heterocycles. The summed E-state index contributed by atoms with van der Waals surface area (Å²) in [6.07, 6.45) is 11.3. The molecule has 64 valence electrons. The molecule has 0 saturated carbocycles. The lowest BCUT2D eigenvalue weighted by molar-refractivity contribution is 0.966. The number of hydrogen-bond acceptors (Lipinski definition) is 1. The minimum Gasteiger partial charge on any atom is -0.161 e. The lowest BCUT2D eigenvalue weighted by Gasteiger charge is -2.05. The summed E-state index contributed by atoms with van der Waals surface area (Å²) >= 11 is 1.91. The lowest BCUT2D eigenvalue weighted by atomic mass is 10.1. The second kappa shape index (κ2) is 7.93. The molecule has 0 aromatic carbocycles. The van der Waals surface area contributed by atoms with Gasteiger partial charge in [0.1, 0.15) is 0 Å². The average Bonchev–Trinajstić information content (AvgIpc) is 2.11. The Labute approximate surface area is 74.8 Å². The van der Waals surface area contributed by atoms with E-state index in [1.807, 2.05) is 25.6 Å². The van der Waals surface area contributed by atoms with Crippen LogP contribution in [0.25, 0.3) is 0 Å². The molecule has 0 spiro atoms. The van der Waals surface area contributed by atoms with Gasteiger partial charge in [-0.3, -0.25) is 0 Å². The summed E-state index contributed by atoms with van der Waals surface area (Å²) < 4.78 is 0. The fourth-order valence-electron chi connectivity index (χ4n) is 0.958. The normalized spacial score (nSPS) is 15.0. The van der Waals surface area contributed by atoms with Crippen molar-refractivity contribution in [3.8, 4) is 0 Å². The van der Waals surface area contributed by atoms with Crippen molar-refractivity contribution >= 4 is 11.8 Å². The quantitative estimate of drug-likeness (QED) is 0.609. The van der Waals surface area contributed by atoms with E-state index in [1.165, 1.54) is 18.6 Å². The zero-order valence-corrected chi connectivity index (χ0v) is 8.58. The average molecular weight is 170 g/mol. The Morgan fingerprint density at radius 2 is 2.18 bits per heavy atom. The van der Waals surface area contributed by atoms with Gasteiger partial charge in [-0.25, -0.2) is 0 Å². The first-order valence-corrected chi connectivity index (χ1v) is 5.66. The molecule has 1 heteroatoms. The van der Waals surface area contributed by atoms with Crippen molar-refractivity contribution in [2.75, 3.05) is 12.0 Å². The zero-order chi connectivity index (χ0) is 8.53. The second-order valence-corrected chi connectivity index (χ2v) is 3.09. The summed E-state index contributed by atoms with van der Waals surface area (Å²) in [6.45, 7) is 4.00. The molecule has 0 aliphatic heterocycles. The highest BCUT2D eigenvalue weighted by molar-refractivity contribution is 7.98. The van der Waals surface area contributed by atoms with Gasteiger partial charge in [0.15, 0.2) is 0 Å². The predicted octanol–water partition coefficient (Wildman–Crippen LogP) is 3.65. The van der Waals surface area contributed by atoms with Gasteiger partial charge in [0, 0.05) is 5.75 Å². The second-order valence-electron chi connectivity index (χ2n) is 2.22. The van der Waals surface area contributed by atoms with E-state index in [9.17, 15) is 0 Å². The third-order valence-corrected chi connectivity index (χ3v) is 2.09. The standard InChI is InChI=1S/C8H12S.C2H6/c1-9-7-8-5-3-2-4-6-8;1-2/h2-3,5H,4,6-7H2,1H3;1-2H3. The van der Waals surface area contributed by atoms with Crippen LogP contribution in [-0.2, 0) is 0 Å². The number of rotatable bonds is 2. The summed E-state index contributed by atoms with van der Waals surface area (Å²) in [5.74, 6) is 1.21. The number of thioether (sulfide) groups is 1. The van der Waals surface area contributed by atoms with E-state index < -0.39 is 0 Å². The summed E-state index contributed by atoms with van der Waals surface area (Å²) in [4.78, 5) is 0. The molecule has 0 N–H and O–H groups in total. The van der Waals surface area contributed by atoms with Crippen LogP contribution in [0, 0.1) is 0 Å². The van der Waals surface area contributed by atoms with Gasteiger partial charge in [-0.15, -0.1) is 0 Å². The highest BCUT2D eigenvalue weighted by Gasteiger charge is 1.96. The molecule has 11 heavy (non-hydrogen) atoms. The van der Waals surface area contributed by atoms with E-state index >= 15 is 0 Å². The van der Waals surface area contributed by atoms with Crippen LogP contribution < -0.4 is 0 Å². The molecule has 0 fully saturated rings. The molecule has 0 atom stereocenters. The van der Waals surface area contributed by atoms with Gasteiger partial charge >= 0.3 is 0 Å². The molecule has 1 rings (SSSR count). The van der Waals surface area contributed by atoms with Gasteiger partial charge in [0.2, 0.25) is 0 Å². The summed E-state index contributed by atoms with van der Waals surface area (Å²) in [5, 5.41) is 0. The predicted molar refractivity (Wildman–Crippen MR) is 56.2 cm³/mol. The monoisotopic (exact) mass is 170 g/mol. The highest BCUT2D eigenvalue weighted by Crippen LogP contribution is 2.14. The van der Waals surface area contributed by atoms with Crippen LogP contribution in [0.15, 0.2) is 23.8 Å². The highest BCUT2D eigenvalue weighted by atomic mass is 32.2. The molecular weight excluding hydrogens is 152 g/mol. The van der Waals surface area contributed by atoms with Crippen LogP contribution in [-0.4, -0.2) is 12.0 Å². The zero-order valence-electron chi connectivity index (χ0n) is 7.76. The van der Waals surface area contributed by atoms with E-state index in [1.54, 1.807) is 5.57 Å². The van der Waals surface area contributed by atoms with Crippen molar-refractivity contribution in [2.24, 2.45) is 0 Å². The fraction of sp³-hybridized carbons (Fsp3) is 0.600. The molecule has 0 unspecified atom stereocenters. The summed E-state index contributed by atoms with van der Waals surface area (Å²) in [5.41, 5.74) is 1.59. The molecular formula is C10H18S. The summed E-state index contributed by atoms with van der Waals surface area (Å²) in [7, 11) is 0.